The first-order valence-electron chi connectivity index (χ1n) is 6.66. The lowest BCUT2D eigenvalue weighted by molar-refractivity contribution is 0.385. The quantitative estimate of drug-likeness (QED) is 0.784. The minimum absolute atomic E-state index is 0.133. The molecule has 2 rings (SSSR count). The molecule has 3 heteroatoms. The van der Waals surface area contributed by atoms with Crippen LogP contribution < -0.4 is 10.1 Å². The van der Waals surface area contributed by atoms with Gasteiger partial charge in [0.15, 0.2) is 11.6 Å². The predicted octanol–water partition coefficient (Wildman–Crippen LogP) is 3.11. The van der Waals surface area contributed by atoms with Gasteiger partial charge in [-0.25, -0.2) is 4.39 Å². The van der Waals surface area contributed by atoms with Crippen LogP contribution in [0.25, 0.3) is 0 Å². The lowest BCUT2D eigenvalue weighted by Crippen LogP contribution is -2.21. The molecule has 1 N–H and O–H groups in total. The molecule has 0 heterocycles. The Balaban J connectivity index is 2.02. The predicted molar refractivity (Wildman–Crippen MR) is 71.6 cm³/mol. The van der Waals surface area contributed by atoms with Gasteiger partial charge in [0.2, 0.25) is 0 Å². The maximum absolute atomic E-state index is 13.7. The van der Waals surface area contributed by atoms with Crippen LogP contribution >= 0.6 is 0 Å². The highest BCUT2D eigenvalue weighted by Gasteiger charge is 2.50. The van der Waals surface area contributed by atoms with Crippen molar-refractivity contribution in [3.63, 3.8) is 0 Å². The number of rotatable bonds is 6. The third kappa shape index (κ3) is 2.51. The first-order valence-corrected chi connectivity index (χ1v) is 6.66. The summed E-state index contributed by atoms with van der Waals surface area (Å²) < 4.78 is 18.7. The Morgan fingerprint density at radius 3 is 2.89 bits per heavy atom. The smallest absolute Gasteiger partial charge is 0.165 e. The Morgan fingerprint density at radius 1 is 1.50 bits per heavy atom. The molecule has 1 aromatic carbocycles. The molecule has 1 fully saturated rings. The number of hydrogen-bond donors (Lipinski definition) is 1. The molecule has 100 valence electrons. The van der Waals surface area contributed by atoms with Crippen LogP contribution in [0, 0.1) is 11.7 Å². The van der Waals surface area contributed by atoms with E-state index >= 15 is 0 Å². The van der Waals surface area contributed by atoms with E-state index in [2.05, 4.69) is 19.2 Å². The minimum atomic E-state index is -0.261. The molecule has 0 bridgehead atoms. The first kappa shape index (κ1) is 13.3. The van der Waals surface area contributed by atoms with Crippen LogP contribution in [0.2, 0.25) is 0 Å². The molecule has 18 heavy (non-hydrogen) atoms. The van der Waals surface area contributed by atoms with Crippen LogP contribution in [0.15, 0.2) is 18.2 Å². The maximum atomic E-state index is 13.7. The van der Waals surface area contributed by atoms with Crippen molar-refractivity contribution in [2.45, 2.75) is 32.1 Å². The van der Waals surface area contributed by atoms with Gasteiger partial charge in [-0.3, -0.25) is 0 Å². The Morgan fingerprint density at radius 2 is 2.28 bits per heavy atom. The van der Waals surface area contributed by atoms with Gasteiger partial charge in [0.05, 0.1) is 7.11 Å². The Hall–Kier alpha value is -1.09. The van der Waals surface area contributed by atoms with E-state index in [9.17, 15) is 4.39 Å². The van der Waals surface area contributed by atoms with Crippen molar-refractivity contribution in [1.29, 1.82) is 0 Å². The molecule has 1 aliphatic rings. The number of methoxy groups -OCH3 is 1. The molecule has 0 saturated heterocycles. The van der Waals surface area contributed by atoms with Crippen LogP contribution in [-0.2, 0) is 5.41 Å². The SMILES string of the molecule is CCCNCC1CC1(C)c1ccc(OC)c(F)c1. The summed E-state index contributed by atoms with van der Waals surface area (Å²) in [6.45, 7) is 6.46. The molecular formula is C15H22FNO. The first-order chi connectivity index (χ1) is 8.61. The molecule has 0 aliphatic heterocycles. The van der Waals surface area contributed by atoms with E-state index in [1.807, 2.05) is 6.07 Å². The molecule has 2 unspecified atom stereocenters. The van der Waals surface area contributed by atoms with Gasteiger partial charge in [-0.2, -0.15) is 0 Å². The molecule has 1 saturated carbocycles. The van der Waals surface area contributed by atoms with Gasteiger partial charge >= 0.3 is 0 Å². The van der Waals surface area contributed by atoms with Crippen molar-refractivity contribution in [3.05, 3.63) is 29.6 Å². The van der Waals surface area contributed by atoms with Crippen molar-refractivity contribution in [2.75, 3.05) is 20.2 Å². The fourth-order valence-electron chi connectivity index (χ4n) is 2.58. The second kappa shape index (κ2) is 5.27. The number of ether oxygens (including phenoxy) is 1. The fourth-order valence-corrected chi connectivity index (χ4v) is 2.58. The van der Waals surface area contributed by atoms with Crippen LogP contribution in [0.3, 0.4) is 0 Å². The average molecular weight is 251 g/mol. The van der Waals surface area contributed by atoms with E-state index in [4.69, 9.17) is 4.74 Å². The van der Waals surface area contributed by atoms with Crippen molar-refractivity contribution < 1.29 is 9.13 Å². The van der Waals surface area contributed by atoms with Gasteiger partial charge in [-0.1, -0.05) is 19.9 Å². The molecular weight excluding hydrogens is 229 g/mol. The van der Waals surface area contributed by atoms with Crippen LogP contribution in [-0.4, -0.2) is 20.2 Å². The standard InChI is InChI=1S/C15H22FNO/c1-4-7-17-10-12-9-15(12,2)11-5-6-14(18-3)13(16)8-11/h5-6,8,12,17H,4,7,9-10H2,1-3H3. The fraction of sp³-hybridized carbons (Fsp3) is 0.600. The Kier molecular flexibility index (Phi) is 3.91. The van der Waals surface area contributed by atoms with Crippen molar-refractivity contribution in [3.8, 4) is 5.75 Å². The molecule has 0 amide bonds. The molecule has 0 aromatic heterocycles. The third-order valence-corrected chi connectivity index (χ3v) is 4.04. The van der Waals surface area contributed by atoms with E-state index in [0.717, 1.165) is 31.5 Å². The van der Waals surface area contributed by atoms with E-state index in [-0.39, 0.29) is 11.2 Å². The summed E-state index contributed by atoms with van der Waals surface area (Å²) in [4.78, 5) is 0. The number of nitrogens with one attached hydrogen (secondary N) is 1. The molecule has 1 aromatic rings. The van der Waals surface area contributed by atoms with Crippen LogP contribution in [0.1, 0.15) is 32.3 Å². The number of hydrogen-bond acceptors (Lipinski definition) is 2. The lowest BCUT2D eigenvalue weighted by Gasteiger charge is -2.13. The monoisotopic (exact) mass is 251 g/mol. The highest BCUT2D eigenvalue weighted by Crippen LogP contribution is 2.53. The van der Waals surface area contributed by atoms with Gasteiger partial charge < -0.3 is 10.1 Å². The summed E-state index contributed by atoms with van der Waals surface area (Å²) in [6.07, 6.45) is 2.29. The second-order valence-corrected chi connectivity index (χ2v) is 5.37. The van der Waals surface area contributed by atoms with Crippen LogP contribution in [0.4, 0.5) is 4.39 Å². The van der Waals surface area contributed by atoms with Gasteiger partial charge in [0, 0.05) is 0 Å². The topological polar surface area (TPSA) is 21.3 Å². The van der Waals surface area contributed by atoms with Crippen LogP contribution in [0.5, 0.6) is 5.75 Å². The van der Waals surface area contributed by atoms with Gasteiger partial charge in [-0.15, -0.1) is 0 Å². The zero-order valence-electron chi connectivity index (χ0n) is 11.4. The van der Waals surface area contributed by atoms with Gasteiger partial charge in [0.25, 0.3) is 0 Å². The third-order valence-electron chi connectivity index (χ3n) is 4.04. The maximum Gasteiger partial charge on any atom is 0.165 e. The largest absolute Gasteiger partial charge is 0.494 e. The summed E-state index contributed by atoms with van der Waals surface area (Å²) in [5, 5.41) is 3.44. The van der Waals surface area contributed by atoms with Gasteiger partial charge in [-0.05, 0) is 55.0 Å². The molecule has 0 spiro atoms. The summed E-state index contributed by atoms with van der Waals surface area (Å²) in [6, 6.07) is 5.34. The normalized spacial score (nSPS) is 26.1. The average Bonchev–Trinajstić information content (AvgIpc) is 3.02. The Labute approximate surface area is 109 Å². The van der Waals surface area contributed by atoms with E-state index in [0.29, 0.717) is 11.7 Å². The van der Waals surface area contributed by atoms with E-state index in [1.54, 1.807) is 12.1 Å². The van der Waals surface area contributed by atoms with Crippen molar-refractivity contribution in [2.24, 2.45) is 5.92 Å². The van der Waals surface area contributed by atoms with Crippen molar-refractivity contribution >= 4 is 0 Å². The molecule has 0 radical (unpaired) electrons. The number of halogens is 1. The summed E-state index contributed by atoms with van der Waals surface area (Å²) in [7, 11) is 1.49. The lowest BCUT2D eigenvalue weighted by atomic mass is 9.95. The van der Waals surface area contributed by atoms with Gasteiger partial charge in [0.1, 0.15) is 0 Å². The summed E-state index contributed by atoms with van der Waals surface area (Å²) >= 11 is 0. The summed E-state index contributed by atoms with van der Waals surface area (Å²) in [5.41, 5.74) is 1.22. The molecule has 2 atom stereocenters. The number of benzene rings is 1. The van der Waals surface area contributed by atoms with E-state index < -0.39 is 0 Å². The minimum Gasteiger partial charge on any atom is -0.494 e. The Bertz CT molecular complexity index is 421. The molecule has 1 aliphatic carbocycles. The van der Waals surface area contributed by atoms with E-state index in [1.165, 1.54) is 7.11 Å². The highest BCUT2D eigenvalue weighted by molar-refractivity contribution is 5.38. The molecule has 2 nitrogen and oxygen atoms in total. The van der Waals surface area contributed by atoms with Crippen molar-refractivity contribution in [1.82, 2.24) is 5.32 Å². The zero-order valence-corrected chi connectivity index (χ0v) is 11.4. The zero-order chi connectivity index (χ0) is 13.2. The highest BCUT2D eigenvalue weighted by atomic mass is 19.1. The second-order valence-electron chi connectivity index (χ2n) is 5.37. The summed E-state index contributed by atoms with van der Waals surface area (Å²) in [5.74, 6) is 0.684.